The number of nitrogens with one attached hydrogen (secondary N) is 1. The number of aliphatic hydroxyl groups is 1. The van der Waals surface area contributed by atoms with Gasteiger partial charge in [0.2, 0.25) is 5.91 Å². The highest BCUT2D eigenvalue weighted by molar-refractivity contribution is 5.88. The molecule has 5 heteroatoms. The minimum Gasteiger partial charge on any atom is -0.396 e. The molecule has 1 fully saturated rings. The van der Waals surface area contributed by atoms with E-state index < -0.39 is 6.04 Å². The highest BCUT2D eigenvalue weighted by atomic mass is 16.3. The Morgan fingerprint density at radius 2 is 2.00 bits per heavy atom. The second-order valence-electron chi connectivity index (χ2n) is 6.03. The van der Waals surface area contributed by atoms with E-state index in [4.69, 9.17) is 5.11 Å². The maximum absolute atomic E-state index is 12.1. The van der Waals surface area contributed by atoms with E-state index in [1.807, 2.05) is 13.8 Å². The van der Waals surface area contributed by atoms with Gasteiger partial charge in [0.15, 0.2) is 5.78 Å². The molecule has 1 unspecified atom stereocenters. The van der Waals surface area contributed by atoms with E-state index in [1.165, 1.54) is 13.3 Å². The minimum atomic E-state index is -0.399. The van der Waals surface area contributed by atoms with Crippen molar-refractivity contribution in [3.05, 3.63) is 0 Å². The Bertz CT molecular complexity index is 327. The van der Waals surface area contributed by atoms with Crippen LogP contribution in [0.3, 0.4) is 0 Å². The molecule has 0 saturated heterocycles. The van der Waals surface area contributed by atoms with Crippen LogP contribution in [0.25, 0.3) is 0 Å². The standard InChI is InChI=1S/C15H28N2O3/c1-11(2)15(12(3)19)16-14(20)10-17(8-5-9-18)13-6-4-7-13/h11,13,15,18H,4-10H2,1-3H3,(H,16,20). The summed E-state index contributed by atoms with van der Waals surface area (Å²) in [6.45, 7) is 6.58. The Morgan fingerprint density at radius 1 is 1.35 bits per heavy atom. The van der Waals surface area contributed by atoms with Crippen LogP contribution in [0.1, 0.15) is 46.5 Å². The fraction of sp³-hybridized carbons (Fsp3) is 0.867. The van der Waals surface area contributed by atoms with Crippen LogP contribution >= 0.6 is 0 Å². The van der Waals surface area contributed by atoms with E-state index >= 15 is 0 Å². The Labute approximate surface area is 121 Å². The zero-order chi connectivity index (χ0) is 15.1. The predicted octanol–water partition coefficient (Wildman–Crippen LogP) is 0.953. The summed E-state index contributed by atoms with van der Waals surface area (Å²) in [6, 6.07) is 0.0608. The largest absolute Gasteiger partial charge is 0.396 e. The fourth-order valence-corrected chi connectivity index (χ4v) is 2.56. The molecule has 0 aromatic heterocycles. The summed E-state index contributed by atoms with van der Waals surface area (Å²) in [5.74, 6) is 0.00804. The van der Waals surface area contributed by atoms with Crippen molar-refractivity contribution in [1.29, 1.82) is 0 Å². The van der Waals surface area contributed by atoms with Gasteiger partial charge in [-0.05, 0) is 32.1 Å². The Balaban J connectivity index is 2.49. The molecule has 5 nitrogen and oxygen atoms in total. The number of hydrogen-bond donors (Lipinski definition) is 2. The predicted molar refractivity (Wildman–Crippen MR) is 78.4 cm³/mol. The van der Waals surface area contributed by atoms with Crippen molar-refractivity contribution < 1.29 is 14.7 Å². The molecule has 0 radical (unpaired) electrons. The zero-order valence-corrected chi connectivity index (χ0v) is 12.9. The third-order valence-electron chi connectivity index (χ3n) is 3.96. The summed E-state index contributed by atoms with van der Waals surface area (Å²) < 4.78 is 0. The van der Waals surface area contributed by atoms with Gasteiger partial charge in [0, 0.05) is 19.2 Å². The van der Waals surface area contributed by atoms with Crippen molar-refractivity contribution >= 4 is 11.7 Å². The van der Waals surface area contributed by atoms with E-state index in [0.717, 1.165) is 19.4 Å². The van der Waals surface area contributed by atoms with Gasteiger partial charge in [-0.2, -0.15) is 0 Å². The average Bonchev–Trinajstić information content (AvgIpc) is 2.29. The normalized spacial score (nSPS) is 17.1. The number of Topliss-reactive ketones (excluding diaryl/α,β-unsaturated/α-hetero) is 1. The molecule has 1 aliphatic rings. The number of carbonyl (C=O) groups excluding carboxylic acids is 2. The van der Waals surface area contributed by atoms with Gasteiger partial charge in [-0.1, -0.05) is 20.3 Å². The topological polar surface area (TPSA) is 69.6 Å². The lowest BCUT2D eigenvalue weighted by Gasteiger charge is -2.37. The maximum atomic E-state index is 12.1. The first kappa shape index (κ1) is 17.1. The van der Waals surface area contributed by atoms with Crippen molar-refractivity contribution in [2.45, 2.75) is 58.5 Å². The third kappa shape index (κ3) is 5.21. The molecule has 2 N–H and O–H groups in total. The van der Waals surface area contributed by atoms with E-state index in [1.54, 1.807) is 0 Å². The van der Waals surface area contributed by atoms with Gasteiger partial charge in [-0.3, -0.25) is 14.5 Å². The van der Waals surface area contributed by atoms with Gasteiger partial charge in [-0.15, -0.1) is 0 Å². The van der Waals surface area contributed by atoms with Crippen LogP contribution < -0.4 is 5.32 Å². The van der Waals surface area contributed by atoms with Crippen LogP contribution in [-0.4, -0.2) is 53.5 Å². The van der Waals surface area contributed by atoms with Crippen molar-refractivity contribution in [1.82, 2.24) is 10.2 Å². The third-order valence-corrected chi connectivity index (χ3v) is 3.96. The number of rotatable bonds is 9. The summed E-state index contributed by atoms with van der Waals surface area (Å²) in [5, 5.41) is 11.8. The average molecular weight is 284 g/mol. The zero-order valence-electron chi connectivity index (χ0n) is 12.9. The Hall–Kier alpha value is -0.940. The number of ketones is 1. The van der Waals surface area contributed by atoms with Crippen LogP contribution in [0.4, 0.5) is 0 Å². The van der Waals surface area contributed by atoms with Crippen LogP contribution in [-0.2, 0) is 9.59 Å². The second-order valence-corrected chi connectivity index (χ2v) is 6.03. The van der Waals surface area contributed by atoms with Crippen LogP contribution in [0.5, 0.6) is 0 Å². The maximum Gasteiger partial charge on any atom is 0.234 e. The molecule has 0 aromatic rings. The Kier molecular flexibility index (Phi) is 7.16. The minimum absolute atomic E-state index is 0.00102. The summed E-state index contributed by atoms with van der Waals surface area (Å²) >= 11 is 0. The molecule has 1 rings (SSSR count). The molecule has 1 saturated carbocycles. The molecule has 0 bridgehead atoms. The van der Waals surface area contributed by atoms with Crippen LogP contribution in [0.2, 0.25) is 0 Å². The molecule has 1 atom stereocenters. The van der Waals surface area contributed by atoms with Crippen LogP contribution in [0.15, 0.2) is 0 Å². The first-order valence-corrected chi connectivity index (χ1v) is 7.60. The van der Waals surface area contributed by atoms with Crippen molar-refractivity contribution in [3.8, 4) is 0 Å². The lowest BCUT2D eigenvalue weighted by molar-refractivity contribution is -0.129. The summed E-state index contributed by atoms with van der Waals surface area (Å²) in [7, 11) is 0. The highest BCUT2D eigenvalue weighted by Gasteiger charge is 2.27. The molecule has 20 heavy (non-hydrogen) atoms. The van der Waals surface area contributed by atoms with E-state index in [2.05, 4.69) is 10.2 Å². The van der Waals surface area contributed by atoms with E-state index in [9.17, 15) is 9.59 Å². The van der Waals surface area contributed by atoms with Gasteiger partial charge in [0.1, 0.15) is 0 Å². The summed E-state index contributed by atoms with van der Waals surface area (Å²) in [6.07, 6.45) is 4.14. The van der Waals surface area contributed by atoms with Gasteiger partial charge in [-0.25, -0.2) is 0 Å². The molecule has 0 aliphatic heterocycles. The first-order chi connectivity index (χ1) is 9.45. The lowest BCUT2D eigenvalue weighted by atomic mass is 9.91. The van der Waals surface area contributed by atoms with Crippen molar-refractivity contribution in [2.75, 3.05) is 19.7 Å². The number of amides is 1. The van der Waals surface area contributed by atoms with Gasteiger partial charge < -0.3 is 10.4 Å². The molecule has 1 aliphatic carbocycles. The molecule has 0 spiro atoms. The number of carbonyl (C=O) groups is 2. The number of aliphatic hydroxyl groups excluding tert-OH is 1. The van der Waals surface area contributed by atoms with E-state index in [0.29, 0.717) is 19.0 Å². The second kappa shape index (κ2) is 8.37. The SMILES string of the molecule is CC(=O)C(NC(=O)CN(CCCO)C1CCC1)C(C)C. The summed E-state index contributed by atoms with van der Waals surface area (Å²) in [4.78, 5) is 25.8. The quantitative estimate of drug-likeness (QED) is 0.661. The summed E-state index contributed by atoms with van der Waals surface area (Å²) in [5.41, 5.74) is 0. The van der Waals surface area contributed by atoms with Gasteiger partial charge >= 0.3 is 0 Å². The van der Waals surface area contributed by atoms with Gasteiger partial charge in [0.05, 0.1) is 12.6 Å². The fourth-order valence-electron chi connectivity index (χ4n) is 2.56. The van der Waals surface area contributed by atoms with Crippen molar-refractivity contribution in [3.63, 3.8) is 0 Å². The smallest absolute Gasteiger partial charge is 0.234 e. The molecular weight excluding hydrogens is 256 g/mol. The van der Waals surface area contributed by atoms with Crippen LogP contribution in [0, 0.1) is 5.92 Å². The molecule has 1 amide bonds. The van der Waals surface area contributed by atoms with Crippen molar-refractivity contribution in [2.24, 2.45) is 5.92 Å². The first-order valence-electron chi connectivity index (χ1n) is 7.60. The molecular formula is C15H28N2O3. The lowest BCUT2D eigenvalue weighted by Crippen LogP contribution is -2.50. The monoisotopic (exact) mass is 284 g/mol. The highest BCUT2D eigenvalue weighted by Crippen LogP contribution is 2.24. The molecule has 0 heterocycles. The van der Waals surface area contributed by atoms with Gasteiger partial charge in [0.25, 0.3) is 0 Å². The number of hydrogen-bond acceptors (Lipinski definition) is 4. The Morgan fingerprint density at radius 3 is 2.40 bits per heavy atom. The number of nitrogens with zero attached hydrogens (tertiary/aromatic N) is 1. The van der Waals surface area contributed by atoms with E-state index in [-0.39, 0.29) is 24.2 Å². The molecule has 0 aromatic carbocycles. The molecule has 116 valence electrons.